The van der Waals surface area contributed by atoms with Crippen LogP contribution in [0.3, 0.4) is 0 Å². The normalized spacial score (nSPS) is 14.6. The van der Waals surface area contributed by atoms with Gasteiger partial charge in [-0.05, 0) is 36.8 Å². The van der Waals surface area contributed by atoms with Crippen LogP contribution in [0.4, 0.5) is 0 Å². The molecule has 144 valence electrons. The number of carbonyl (C=O) groups excluding carboxylic acids is 1. The van der Waals surface area contributed by atoms with E-state index in [2.05, 4.69) is 11.1 Å². The number of benzene rings is 3. The minimum absolute atomic E-state index is 0.199. The van der Waals surface area contributed by atoms with Crippen molar-refractivity contribution < 1.29 is 14.3 Å². The molecule has 1 aliphatic heterocycles. The molecule has 29 heavy (non-hydrogen) atoms. The van der Waals surface area contributed by atoms with Crippen LogP contribution in [0.5, 0.6) is 5.75 Å². The van der Waals surface area contributed by atoms with Gasteiger partial charge in [-0.3, -0.25) is 0 Å². The topological polar surface area (TPSA) is 47.9 Å². The molecule has 4 nitrogen and oxygen atoms in total. The Bertz CT molecular complexity index is 1130. The van der Waals surface area contributed by atoms with E-state index < -0.39 is 5.97 Å². The molecule has 0 saturated heterocycles. The van der Waals surface area contributed by atoms with E-state index in [-0.39, 0.29) is 11.6 Å². The number of ether oxygens (including phenoxy) is 2. The number of cyclic esters (lactones) is 1. The second-order valence-electron chi connectivity index (χ2n) is 6.63. The zero-order chi connectivity index (χ0) is 20.2. The van der Waals surface area contributed by atoms with Crippen LogP contribution in [-0.4, -0.2) is 11.9 Å². The lowest BCUT2D eigenvalue weighted by atomic mass is 10.1. The summed E-state index contributed by atoms with van der Waals surface area (Å²) in [4.78, 5) is 16.6. The van der Waals surface area contributed by atoms with Crippen LogP contribution in [-0.2, 0) is 16.1 Å². The molecular formula is C24H18ClNO3. The third-order valence-corrected chi connectivity index (χ3v) is 4.74. The minimum atomic E-state index is -0.520. The van der Waals surface area contributed by atoms with E-state index in [9.17, 15) is 4.79 Å². The largest absolute Gasteiger partial charge is 0.488 e. The molecule has 0 amide bonds. The molecule has 0 N–H and O–H groups in total. The van der Waals surface area contributed by atoms with Gasteiger partial charge in [0.1, 0.15) is 12.4 Å². The van der Waals surface area contributed by atoms with Crippen molar-refractivity contribution >= 4 is 29.5 Å². The summed E-state index contributed by atoms with van der Waals surface area (Å²) in [5.41, 5.74) is 3.78. The van der Waals surface area contributed by atoms with E-state index in [1.54, 1.807) is 18.2 Å². The highest BCUT2D eigenvalue weighted by Gasteiger charge is 2.25. The molecule has 0 atom stereocenters. The highest BCUT2D eigenvalue weighted by atomic mass is 35.5. The first-order chi connectivity index (χ1) is 14.1. The maximum atomic E-state index is 12.3. The number of hydrogen-bond donors (Lipinski definition) is 0. The van der Waals surface area contributed by atoms with Gasteiger partial charge in [-0.1, -0.05) is 71.8 Å². The average Bonchev–Trinajstić information content (AvgIpc) is 3.08. The van der Waals surface area contributed by atoms with Gasteiger partial charge in [0.15, 0.2) is 5.70 Å². The Morgan fingerprint density at radius 1 is 1.03 bits per heavy atom. The summed E-state index contributed by atoms with van der Waals surface area (Å²) in [5.74, 6) is 0.342. The van der Waals surface area contributed by atoms with E-state index in [4.69, 9.17) is 21.1 Å². The fourth-order valence-electron chi connectivity index (χ4n) is 3.00. The third kappa shape index (κ3) is 4.39. The molecule has 3 aromatic rings. The van der Waals surface area contributed by atoms with E-state index in [1.165, 1.54) is 5.56 Å². The van der Waals surface area contributed by atoms with Crippen molar-refractivity contribution in [1.29, 1.82) is 0 Å². The van der Waals surface area contributed by atoms with Crippen LogP contribution < -0.4 is 4.74 Å². The smallest absolute Gasteiger partial charge is 0.363 e. The first-order valence-electron chi connectivity index (χ1n) is 9.15. The number of nitrogens with zero attached hydrogens (tertiary/aromatic N) is 1. The first-order valence-corrected chi connectivity index (χ1v) is 9.53. The first kappa shape index (κ1) is 19.0. The van der Waals surface area contributed by atoms with Crippen molar-refractivity contribution in [3.63, 3.8) is 0 Å². The van der Waals surface area contributed by atoms with Crippen molar-refractivity contribution in [3.05, 3.63) is 106 Å². The molecule has 0 saturated carbocycles. The zero-order valence-electron chi connectivity index (χ0n) is 15.8. The van der Waals surface area contributed by atoms with Gasteiger partial charge in [0, 0.05) is 5.56 Å². The monoisotopic (exact) mass is 403 g/mol. The number of carbonyl (C=O) groups is 1. The molecule has 0 fully saturated rings. The van der Waals surface area contributed by atoms with Crippen LogP contribution in [0.15, 0.2) is 83.5 Å². The molecule has 0 unspecified atom stereocenters. The molecule has 3 aromatic carbocycles. The van der Waals surface area contributed by atoms with Gasteiger partial charge < -0.3 is 9.47 Å². The Morgan fingerprint density at radius 3 is 2.66 bits per heavy atom. The van der Waals surface area contributed by atoms with Gasteiger partial charge in [0.25, 0.3) is 0 Å². The highest BCUT2D eigenvalue weighted by molar-refractivity contribution is 6.34. The van der Waals surface area contributed by atoms with Gasteiger partial charge in [-0.15, -0.1) is 0 Å². The summed E-state index contributed by atoms with van der Waals surface area (Å²) < 4.78 is 11.3. The van der Waals surface area contributed by atoms with Gasteiger partial charge in [-0.2, -0.15) is 0 Å². The van der Waals surface area contributed by atoms with E-state index in [0.717, 1.165) is 11.1 Å². The van der Waals surface area contributed by atoms with Crippen molar-refractivity contribution in [1.82, 2.24) is 0 Å². The SMILES string of the molecule is Cc1cccc(COc2ccccc2/C=C2\N=C(c3ccccc3Cl)OC2=O)c1. The van der Waals surface area contributed by atoms with Crippen molar-refractivity contribution in [2.75, 3.05) is 0 Å². The number of aliphatic imine (C=N–C) groups is 1. The summed E-state index contributed by atoms with van der Waals surface area (Å²) in [5, 5.41) is 0.474. The van der Waals surface area contributed by atoms with Crippen LogP contribution >= 0.6 is 11.6 Å². The third-order valence-electron chi connectivity index (χ3n) is 4.41. The summed E-state index contributed by atoms with van der Waals surface area (Å²) >= 11 is 6.18. The maximum absolute atomic E-state index is 12.3. The number of rotatable bonds is 5. The molecule has 1 heterocycles. The molecule has 5 heteroatoms. The van der Waals surface area contributed by atoms with Crippen LogP contribution in [0.1, 0.15) is 22.3 Å². The molecule has 0 spiro atoms. The predicted molar refractivity (Wildman–Crippen MR) is 114 cm³/mol. The van der Waals surface area contributed by atoms with Crippen LogP contribution in [0.2, 0.25) is 5.02 Å². The lowest BCUT2D eigenvalue weighted by Crippen LogP contribution is -2.05. The van der Waals surface area contributed by atoms with E-state index in [1.807, 2.05) is 61.5 Å². The van der Waals surface area contributed by atoms with Crippen molar-refractivity contribution in [2.45, 2.75) is 13.5 Å². The van der Waals surface area contributed by atoms with Crippen molar-refractivity contribution in [3.8, 4) is 5.75 Å². The fourth-order valence-corrected chi connectivity index (χ4v) is 3.22. The Kier molecular flexibility index (Phi) is 5.45. The molecule has 0 radical (unpaired) electrons. The number of aryl methyl sites for hydroxylation is 1. The predicted octanol–water partition coefficient (Wildman–Crippen LogP) is 5.57. The summed E-state index contributed by atoms with van der Waals surface area (Å²) in [6.07, 6.45) is 1.66. The maximum Gasteiger partial charge on any atom is 0.363 e. The van der Waals surface area contributed by atoms with Gasteiger partial charge in [0.05, 0.1) is 10.6 Å². The number of para-hydroxylation sites is 1. The quantitative estimate of drug-likeness (QED) is 0.413. The molecule has 0 bridgehead atoms. The van der Waals surface area contributed by atoms with E-state index >= 15 is 0 Å². The lowest BCUT2D eigenvalue weighted by molar-refractivity contribution is -0.129. The summed E-state index contributed by atoms with van der Waals surface area (Å²) in [6.45, 7) is 2.47. The molecular weight excluding hydrogens is 386 g/mol. The second-order valence-corrected chi connectivity index (χ2v) is 7.04. The molecule has 0 aromatic heterocycles. The Hall–Kier alpha value is -3.37. The van der Waals surface area contributed by atoms with Crippen molar-refractivity contribution in [2.24, 2.45) is 4.99 Å². The summed E-state index contributed by atoms with van der Waals surface area (Å²) in [6, 6.07) is 22.7. The van der Waals surface area contributed by atoms with Gasteiger partial charge >= 0.3 is 5.97 Å². The van der Waals surface area contributed by atoms with Crippen LogP contribution in [0, 0.1) is 6.92 Å². The molecule has 1 aliphatic rings. The Labute approximate surface area is 174 Å². The standard InChI is InChI=1S/C24H18ClNO3/c1-16-7-6-8-17(13-16)15-28-22-12-5-2-9-18(22)14-21-24(27)29-23(26-21)19-10-3-4-11-20(19)25/h2-14H,15H2,1H3/b21-14-. The molecule has 0 aliphatic carbocycles. The van der Waals surface area contributed by atoms with Crippen LogP contribution in [0.25, 0.3) is 6.08 Å². The van der Waals surface area contributed by atoms with E-state index in [0.29, 0.717) is 22.9 Å². The average molecular weight is 404 g/mol. The summed E-state index contributed by atoms with van der Waals surface area (Å²) in [7, 11) is 0. The Balaban J connectivity index is 1.60. The second kappa shape index (κ2) is 8.33. The highest BCUT2D eigenvalue weighted by Crippen LogP contribution is 2.27. The number of esters is 1. The zero-order valence-corrected chi connectivity index (χ0v) is 16.5. The number of halogens is 1. The fraction of sp³-hybridized carbons (Fsp3) is 0.0833. The van der Waals surface area contributed by atoms with Gasteiger partial charge in [0.2, 0.25) is 5.90 Å². The Morgan fingerprint density at radius 2 is 1.83 bits per heavy atom. The number of hydrogen-bond acceptors (Lipinski definition) is 4. The minimum Gasteiger partial charge on any atom is -0.488 e. The lowest BCUT2D eigenvalue weighted by Gasteiger charge is -2.09. The van der Waals surface area contributed by atoms with Gasteiger partial charge in [-0.25, -0.2) is 9.79 Å². The molecule has 4 rings (SSSR count).